The Balaban J connectivity index is 0.000000171. The monoisotopic (exact) mass is 408 g/mol. The number of nitrogens with one attached hydrogen (secondary N) is 1. The summed E-state index contributed by atoms with van der Waals surface area (Å²) in [5.41, 5.74) is 2.41. The molecule has 0 radical (unpaired) electrons. The van der Waals surface area contributed by atoms with Crippen LogP contribution in [0.4, 0.5) is 17.1 Å². The highest BCUT2D eigenvalue weighted by atomic mass is 35.5. The van der Waals surface area contributed by atoms with Gasteiger partial charge in [0, 0.05) is 23.8 Å². The second kappa shape index (κ2) is 13.6. The van der Waals surface area contributed by atoms with Gasteiger partial charge in [0.05, 0.1) is 13.1 Å². The molecule has 0 spiro atoms. The quantitative estimate of drug-likeness (QED) is 0.520. The first-order chi connectivity index (χ1) is 14.3. The van der Waals surface area contributed by atoms with Crippen LogP contribution in [0.2, 0.25) is 5.02 Å². The molecular formula is C24H29ClN4. The number of para-hydroxylation sites is 3. The largest absolute Gasteiger partial charge is 0.380 e. The van der Waals surface area contributed by atoms with Gasteiger partial charge in [0.25, 0.3) is 0 Å². The Kier molecular flexibility index (Phi) is 10.7. The molecule has 4 rings (SSSR count). The minimum atomic E-state index is 0.513. The number of rotatable bonds is 1. The summed E-state index contributed by atoms with van der Waals surface area (Å²) >= 11 is 5.61. The summed E-state index contributed by atoms with van der Waals surface area (Å²) in [6.45, 7) is 18.4. The van der Waals surface area contributed by atoms with Crippen molar-refractivity contribution in [3.63, 3.8) is 0 Å². The van der Waals surface area contributed by atoms with Crippen molar-refractivity contribution in [1.82, 2.24) is 5.32 Å². The molecule has 0 aromatic heterocycles. The molecule has 1 N–H and O–H groups in total. The number of hydrogen-bond acceptors (Lipinski definition) is 2. The lowest BCUT2D eigenvalue weighted by atomic mass is 10.1. The van der Waals surface area contributed by atoms with Crippen molar-refractivity contribution in [1.29, 1.82) is 0 Å². The topological polar surface area (TPSA) is 24.0 Å². The van der Waals surface area contributed by atoms with Gasteiger partial charge in [-0.2, -0.15) is 0 Å². The molecule has 0 bridgehead atoms. The maximum atomic E-state index is 7.10. The van der Waals surface area contributed by atoms with E-state index in [1.165, 1.54) is 51.6 Å². The zero-order valence-corrected chi connectivity index (χ0v) is 17.7. The number of nitrogens with zero attached hydrogens (tertiary/aromatic N) is 3. The first-order valence-corrected chi connectivity index (χ1v) is 10.7. The second-order valence-corrected chi connectivity index (χ2v) is 7.43. The van der Waals surface area contributed by atoms with E-state index in [9.17, 15) is 0 Å². The van der Waals surface area contributed by atoms with Crippen LogP contribution in [-0.2, 0) is 0 Å². The lowest BCUT2D eigenvalue weighted by Crippen LogP contribution is -2.29. The predicted molar refractivity (Wildman–Crippen MR) is 123 cm³/mol. The molecule has 0 unspecified atom stereocenters. The van der Waals surface area contributed by atoms with E-state index in [0.717, 1.165) is 24.5 Å². The molecule has 0 amide bonds. The van der Waals surface area contributed by atoms with Crippen molar-refractivity contribution in [2.24, 2.45) is 0 Å². The highest BCUT2D eigenvalue weighted by molar-refractivity contribution is 6.33. The van der Waals surface area contributed by atoms with Crippen molar-refractivity contribution in [3.05, 3.63) is 76.4 Å². The van der Waals surface area contributed by atoms with E-state index in [2.05, 4.69) is 26.0 Å². The van der Waals surface area contributed by atoms with E-state index in [1.807, 2.05) is 18.2 Å². The lowest BCUT2D eigenvalue weighted by Gasteiger charge is -2.29. The van der Waals surface area contributed by atoms with Gasteiger partial charge in [-0.25, -0.2) is 9.69 Å². The van der Waals surface area contributed by atoms with E-state index in [0.29, 0.717) is 10.7 Å². The molecule has 2 aliphatic rings. The van der Waals surface area contributed by atoms with Crippen molar-refractivity contribution in [2.75, 3.05) is 31.1 Å². The zero-order valence-electron chi connectivity index (χ0n) is 16.9. The smallest absolute Gasteiger partial charge is 0.209 e. The third kappa shape index (κ3) is 8.16. The van der Waals surface area contributed by atoms with Crippen LogP contribution in [0.15, 0.2) is 48.5 Å². The van der Waals surface area contributed by atoms with Crippen LogP contribution in [0.3, 0.4) is 0 Å². The fraction of sp³-hybridized carbons (Fsp3) is 0.417. The van der Waals surface area contributed by atoms with Crippen molar-refractivity contribution in [3.8, 4) is 0 Å². The van der Waals surface area contributed by atoms with Gasteiger partial charge in [-0.05, 0) is 51.3 Å². The standard InChI is InChI=1S/C12H14N2.C7H4ClN.C5H11N/c1-13-11-7-3-4-8-12(11)14-9-5-2-6-10-14;1-9-7-5-3-2-4-6(7)8;1-2-4-6-5-3-1/h3-4,7-8H,2,5-6,9-10H2;2-5H;6H,1-5H2. The van der Waals surface area contributed by atoms with Crippen LogP contribution in [0.1, 0.15) is 38.5 Å². The number of halogens is 1. The molecule has 2 aliphatic heterocycles. The molecule has 29 heavy (non-hydrogen) atoms. The van der Waals surface area contributed by atoms with Crippen LogP contribution in [0, 0.1) is 13.1 Å². The molecule has 2 aromatic rings. The average Bonchev–Trinajstić information content (AvgIpc) is 2.82. The van der Waals surface area contributed by atoms with E-state index < -0.39 is 0 Å². The van der Waals surface area contributed by atoms with Gasteiger partial charge in [-0.15, -0.1) is 0 Å². The highest BCUT2D eigenvalue weighted by Gasteiger charge is 2.13. The lowest BCUT2D eigenvalue weighted by molar-refractivity contribution is 0.520. The Hall–Kier alpha value is -2.53. The van der Waals surface area contributed by atoms with Gasteiger partial charge < -0.3 is 10.2 Å². The predicted octanol–water partition coefficient (Wildman–Crippen LogP) is 6.88. The van der Waals surface area contributed by atoms with Gasteiger partial charge in [-0.3, -0.25) is 0 Å². The summed E-state index contributed by atoms with van der Waals surface area (Å²) in [4.78, 5) is 9.07. The molecule has 0 aliphatic carbocycles. The average molecular weight is 409 g/mol. The summed E-state index contributed by atoms with van der Waals surface area (Å²) < 4.78 is 0. The van der Waals surface area contributed by atoms with Crippen molar-refractivity contribution < 1.29 is 0 Å². The summed E-state index contributed by atoms with van der Waals surface area (Å²) in [6, 6.07) is 14.9. The maximum Gasteiger partial charge on any atom is 0.209 e. The normalized spacial score (nSPS) is 15.5. The van der Waals surface area contributed by atoms with Gasteiger partial charge >= 0.3 is 0 Å². The van der Waals surface area contributed by atoms with E-state index in [4.69, 9.17) is 24.7 Å². The van der Waals surface area contributed by atoms with Crippen molar-refractivity contribution >= 4 is 28.7 Å². The minimum Gasteiger partial charge on any atom is -0.380 e. The molecule has 2 saturated heterocycles. The van der Waals surface area contributed by atoms with Crippen LogP contribution >= 0.6 is 11.6 Å². The van der Waals surface area contributed by atoms with E-state index in [1.54, 1.807) is 24.3 Å². The van der Waals surface area contributed by atoms with Gasteiger partial charge in [-0.1, -0.05) is 60.5 Å². The van der Waals surface area contributed by atoms with Crippen LogP contribution in [0.25, 0.3) is 9.69 Å². The third-order valence-corrected chi connectivity index (χ3v) is 5.20. The number of piperidine rings is 2. The summed E-state index contributed by atoms with van der Waals surface area (Å²) in [7, 11) is 0. The Morgan fingerprint density at radius 2 is 1.28 bits per heavy atom. The second-order valence-electron chi connectivity index (χ2n) is 7.02. The van der Waals surface area contributed by atoms with Crippen LogP contribution in [-0.4, -0.2) is 26.2 Å². The maximum absolute atomic E-state index is 7.10. The molecule has 5 heteroatoms. The van der Waals surface area contributed by atoms with Crippen LogP contribution in [0.5, 0.6) is 0 Å². The number of hydrogen-bond donors (Lipinski definition) is 1. The summed E-state index contributed by atoms with van der Waals surface area (Å²) in [5.74, 6) is 0. The molecule has 2 aromatic carbocycles. The molecular weight excluding hydrogens is 380 g/mol. The van der Waals surface area contributed by atoms with Gasteiger partial charge in [0.15, 0.2) is 0 Å². The van der Waals surface area contributed by atoms with Gasteiger partial charge in [0.2, 0.25) is 11.4 Å². The summed E-state index contributed by atoms with van der Waals surface area (Å²) in [6.07, 6.45) is 8.06. The molecule has 2 heterocycles. The number of anilines is 1. The molecule has 152 valence electrons. The van der Waals surface area contributed by atoms with E-state index >= 15 is 0 Å². The summed E-state index contributed by atoms with van der Waals surface area (Å²) in [5, 5.41) is 3.81. The fourth-order valence-electron chi connectivity index (χ4n) is 3.31. The Morgan fingerprint density at radius 1 is 0.724 bits per heavy atom. The third-order valence-electron chi connectivity index (χ3n) is 4.88. The molecule has 0 saturated carbocycles. The Labute approximate surface area is 180 Å². The first-order valence-electron chi connectivity index (χ1n) is 10.3. The fourth-order valence-corrected chi connectivity index (χ4v) is 3.48. The minimum absolute atomic E-state index is 0.513. The highest BCUT2D eigenvalue weighted by Crippen LogP contribution is 2.30. The van der Waals surface area contributed by atoms with Crippen LogP contribution < -0.4 is 10.2 Å². The first kappa shape index (κ1) is 22.8. The van der Waals surface area contributed by atoms with Crippen molar-refractivity contribution in [2.45, 2.75) is 38.5 Å². The molecule has 0 atom stereocenters. The molecule has 2 fully saturated rings. The number of benzene rings is 2. The SMILES string of the molecule is C1CCNCC1.[C-]#[N+]c1ccccc1Cl.[C-]#[N+]c1ccccc1N1CCCCC1. The Morgan fingerprint density at radius 3 is 1.76 bits per heavy atom. The van der Waals surface area contributed by atoms with Gasteiger partial charge in [0.1, 0.15) is 0 Å². The van der Waals surface area contributed by atoms with E-state index in [-0.39, 0.29) is 0 Å². The molecule has 4 nitrogen and oxygen atoms in total. The Bertz CT molecular complexity index is 801. The zero-order chi connectivity index (χ0) is 20.7.